The van der Waals surface area contributed by atoms with Gasteiger partial charge >= 0.3 is 0 Å². The smallest absolute Gasteiger partial charge is 0.0113 e. The quantitative estimate of drug-likeness (QED) is 0.140. The summed E-state index contributed by atoms with van der Waals surface area (Å²) in [5.74, 6) is 0. The molecule has 0 heterocycles. The van der Waals surface area contributed by atoms with Crippen molar-refractivity contribution in [1.82, 2.24) is 0 Å². The molecule has 0 nitrogen and oxygen atoms in total. The van der Waals surface area contributed by atoms with Crippen molar-refractivity contribution in [3.05, 3.63) is 166 Å². The Balaban J connectivity index is 1.55. The van der Waals surface area contributed by atoms with Crippen molar-refractivity contribution in [3.8, 4) is 11.1 Å². The van der Waals surface area contributed by atoms with Gasteiger partial charge in [-0.3, -0.25) is 0 Å². The topological polar surface area (TPSA) is 0 Å². The summed E-state index contributed by atoms with van der Waals surface area (Å²) in [6.07, 6.45) is 0. The van der Waals surface area contributed by atoms with Gasteiger partial charge in [-0.25, -0.2) is 0 Å². The van der Waals surface area contributed by atoms with Gasteiger partial charge in [0.05, 0.1) is 0 Å². The van der Waals surface area contributed by atoms with Gasteiger partial charge in [0, 0.05) is 0 Å². The molecule has 374 valence electrons. The normalized spacial score (nSPS) is 13.7. The molecule has 0 aromatic heterocycles. The van der Waals surface area contributed by atoms with E-state index in [0.717, 1.165) is 0 Å². The molecule has 0 fully saturated rings. The SMILES string of the molecule is CC(C)(C)c1ccc(P(c2ccc(-c3ccc(P(c4ccc(C(C)(C)C)cc4C(C)(C)C)c4ccc(C(C)(C)C)cc4C(C)(C)C)cc3)cc2)c2ccc(C(C)(C)C)cc2C(C)(C)C)c(C(C)(C)C)c1. The molecule has 0 unspecified atom stereocenters. The lowest BCUT2D eigenvalue weighted by Gasteiger charge is -2.35. The zero-order valence-corrected chi connectivity index (χ0v) is 50.2. The van der Waals surface area contributed by atoms with Crippen LogP contribution in [0.25, 0.3) is 11.1 Å². The zero-order chi connectivity index (χ0) is 52.5. The molecule has 0 bridgehead atoms. The molecule has 0 saturated heterocycles. The fraction of sp³-hybridized carbons (Fsp3) is 0.471. The molecule has 0 aliphatic heterocycles. The Morgan fingerprint density at radius 3 is 0.557 bits per heavy atom. The summed E-state index contributed by atoms with van der Waals surface area (Å²) >= 11 is 0. The highest BCUT2D eigenvalue weighted by Crippen LogP contribution is 2.45. The summed E-state index contributed by atoms with van der Waals surface area (Å²) in [7, 11) is -1.80. The number of hydrogen-bond donors (Lipinski definition) is 0. The van der Waals surface area contributed by atoms with Crippen molar-refractivity contribution in [2.75, 3.05) is 0 Å². The second-order valence-corrected chi connectivity index (χ2v) is 33.0. The third kappa shape index (κ3) is 12.3. The molecule has 70 heavy (non-hydrogen) atoms. The van der Waals surface area contributed by atoms with Crippen molar-refractivity contribution in [3.63, 3.8) is 0 Å². The van der Waals surface area contributed by atoms with Gasteiger partial charge in [-0.15, -0.1) is 0 Å². The van der Waals surface area contributed by atoms with E-state index in [4.69, 9.17) is 0 Å². The van der Waals surface area contributed by atoms with Gasteiger partial charge in [-0.05, 0) is 147 Å². The van der Waals surface area contributed by atoms with Crippen molar-refractivity contribution in [2.24, 2.45) is 0 Å². The van der Waals surface area contributed by atoms with Gasteiger partial charge in [0.1, 0.15) is 0 Å². The molecule has 0 spiro atoms. The first-order valence-corrected chi connectivity index (χ1v) is 28.9. The molecule has 0 N–H and O–H groups in total. The molecule has 6 rings (SSSR count). The molecular formula is C68H92P2. The number of hydrogen-bond acceptors (Lipinski definition) is 0. The lowest BCUT2D eigenvalue weighted by Crippen LogP contribution is -2.33. The highest BCUT2D eigenvalue weighted by molar-refractivity contribution is 7.80. The Labute approximate surface area is 431 Å². The molecular weight excluding hydrogens is 879 g/mol. The average molecular weight is 971 g/mol. The minimum atomic E-state index is -0.902. The monoisotopic (exact) mass is 971 g/mol. The second kappa shape index (κ2) is 19.2. The number of benzene rings is 6. The molecule has 0 aliphatic rings. The largest absolute Gasteiger partial charge is 0.0578 e. The highest BCUT2D eigenvalue weighted by Gasteiger charge is 2.34. The van der Waals surface area contributed by atoms with Crippen LogP contribution in [0.5, 0.6) is 0 Å². The molecule has 0 saturated carbocycles. The summed E-state index contributed by atoms with van der Waals surface area (Å²) in [6.45, 7) is 56.8. The Kier molecular flexibility index (Phi) is 15.2. The fourth-order valence-corrected chi connectivity index (χ4v) is 15.6. The van der Waals surface area contributed by atoms with Crippen LogP contribution in [0.15, 0.2) is 121 Å². The summed E-state index contributed by atoms with van der Waals surface area (Å²) in [6, 6.07) is 49.1. The van der Waals surface area contributed by atoms with Crippen LogP contribution < -0.4 is 31.8 Å². The zero-order valence-electron chi connectivity index (χ0n) is 48.4. The van der Waals surface area contributed by atoms with E-state index in [1.54, 1.807) is 0 Å². The van der Waals surface area contributed by atoms with Crippen molar-refractivity contribution in [1.29, 1.82) is 0 Å². The maximum absolute atomic E-state index is 2.53. The van der Waals surface area contributed by atoms with Crippen LogP contribution in [0.3, 0.4) is 0 Å². The van der Waals surface area contributed by atoms with Gasteiger partial charge < -0.3 is 0 Å². The summed E-state index contributed by atoms with van der Waals surface area (Å²) in [5, 5.41) is 8.64. The molecule has 0 atom stereocenters. The van der Waals surface area contributed by atoms with E-state index in [1.165, 1.54) is 87.5 Å². The minimum absolute atomic E-state index is 0.0317. The second-order valence-electron chi connectivity index (χ2n) is 28.7. The van der Waals surface area contributed by atoms with E-state index in [2.05, 4.69) is 287 Å². The van der Waals surface area contributed by atoms with E-state index >= 15 is 0 Å². The van der Waals surface area contributed by atoms with Crippen LogP contribution in [-0.2, 0) is 43.3 Å². The van der Waals surface area contributed by atoms with E-state index in [0.29, 0.717) is 0 Å². The minimum Gasteiger partial charge on any atom is -0.0578 e. The van der Waals surface area contributed by atoms with E-state index in [-0.39, 0.29) is 43.3 Å². The van der Waals surface area contributed by atoms with Crippen LogP contribution in [0, 0.1) is 0 Å². The Morgan fingerprint density at radius 1 is 0.214 bits per heavy atom. The maximum atomic E-state index is 2.53. The van der Waals surface area contributed by atoms with E-state index < -0.39 is 15.8 Å². The van der Waals surface area contributed by atoms with Gasteiger partial charge in [-0.2, -0.15) is 0 Å². The molecule has 0 aliphatic carbocycles. The van der Waals surface area contributed by atoms with Gasteiger partial charge in [-0.1, -0.05) is 287 Å². The average Bonchev–Trinajstić information content (AvgIpc) is 3.22. The lowest BCUT2D eigenvalue weighted by molar-refractivity contribution is 0.570. The first-order valence-electron chi connectivity index (χ1n) is 26.2. The summed E-state index contributed by atoms with van der Waals surface area (Å²) in [4.78, 5) is 0. The number of rotatable bonds is 7. The van der Waals surface area contributed by atoms with Crippen molar-refractivity contribution >= 4 is 47.7 Å². The Hall–Kier alpha value is -3.82. The van der Waals surface area contributed by atoms with Gasteiger partial charge in [0.15, 0.2) is 0 Å². The van der Waals surface area contributed by atoms with Gasteiger partial charge in [0.2, 0.25) is 0 Å². The first kappa shape index (κ1) is 55.5. The predicted octanol–water partition coefficient (Wildman–Crippen LogP) is 17.2. The van der Waals surface area contributed by atoms with Crippen LogP contribution >= 0.6 is 15.8 Å². The molecule has 0 amide bonds. The van der Waals surface area contributed by atoms with Crippen LogP contribution in [0.1, 0.15) is 211 Å². The van der Waals surface area contributed by atoms with Crippen LogP contribution in [0.4, 0.5) is 0 Å². The maximum Gasteiger partial charge on any atom is -0.0113 e. The standard InChI is InChI=1S/C68H92P2/c1-61(2,3)47-29-37-57(53(41-47)65(13,14)15)69(58-38-30-48(62(4,5)6)42-54(58)66(16,17)18)51-33-25-45(26-34-51)46-27-35-52(36-28-46)70(59-39-31-49(63(7,8)9)43-55(59)67(19,20)21)60-40-32-50(64(10,11)12)44-56(60)68(22,23)24/h25-44H,1-24H3. The third-order valence-corrected chi connectivity index (χ3v) is 19.3. The Morgan fingerprint density at radius 2 is 0.400 bits per heavy atom. The molecule has 0 radical (unpaired) electrons. The molecule has 2 heteroatoms. The van der Waals surface area contributed by atoms with Crippen LogP contribution in [-0.4, -0.2) is 0 Å². The highest BCUT2D eigenvalue weighted by atomic mass is 31.1. The van der Waals surface area contributed by atoms with E-state index in [1.807, 2.05) is 0 Å². The van der Waals surface area contributed by atoms with E-state index in [9.17, 15) is 0 Å². The fourth-order valence-electron chi connectivity index (χ4n) is 9.61. The molecule has 6 aromatic carbocycles. The third-order valence-electron chi connectivity index (χ3n) is 14.2. The summed E-state index contributed by atoms with van der Waals surface area (Å²) < 4.78 is 0. The first-order chi connectivity index (χ1) is 31.8. The van der Waals surface area contributed by atoms with Crippen molar-refractivity contribution < 1.29 is 0 Å². The predicted molar refractivity (Wildman–Crippen MR) is 319 cm³/mol. The van der Waals surface area contributed by atoms with Crippen molar-refractivity contribution in [2.45, 2.75) is 209 Å². The Bertz CT molecular complexity index is 2450. The lowest BCUT2D eigenvalue weighted by atomic mass is 9.80. The summed E-state index contributed by atoms with van der Waals surface area (Å²) in [5.41, 5.74) is 14.0. The van der Waals surface area contributed by atoms with Gasteiger partial charge in [0.25, 0.3) is 0 Å². The van der Waals surface area contributed by atoms with Crippen LogP contribution in [0.2, 0.25) is 0 Å². The molecule has 6 aromatic rings.